The van der Waals surface area contributed by atoms with E-state index in [1.807, 2.05) is 11.8 Å². The number of hydrogen-bond acceptors (Lipinski definition) is 5. The summed E-state index contributed by atoms with van der Waals surface area (Å²) in [4.78, 5) is 2.56. The van der Waals surface area contributed by atoms with Crippen LogP contribution in [0.5, 0.6) is 0 Å². The van der Waals surface area contributed by atoms with Crippen LogP contribution >= 0.6 is 23.5 Å². The Kier molecular flexibility index (Phi) is 2.70. The Labute approximate surface area is 98.6 Å². The number of fused-ring (bicyclic) bond motifs is 2. The normalized spacial score (nSPS) is 33.8. The van der Waals surface area contributed by atoms with Gasteiger partial charge in [-0.25, -0.2) is 0 Å². The van der Waals surface area contributed by atoms with Gasteiger partial charge in [0.15, 0.2) is 0 Å². The number of aromatic nitrogens is 2. The molecule has 2 bridgehead atoms. The lowest BCUT2D eigenvalue weighted by atomic mass is 9.90. The van der Waals surface area contributed by atoms with Crippen LogP contribution in [0.2, 0.25) is 0 Å². The monoisotopic (exact) mass is 241 g/mol. The largest absolute Gasteiger partial charge is 0.302 e. The summed E-state index contributed by atoms with van der Waals surface area (Å²) in [5.41, 5.74) is 1.29. The molecule has 2 fully saturated rings. The highest BCUT2D eigenvalue weighted by Crippen LogP contribution is 2.41. The van der Waals surface area contributed by atoms with Gasteiger partial charge in [-0.1, -0.05) is 6.92 Å². The molecule has 3 nitrogen and oxygen atoms in total. The van der Waals surface area contributed by atoms with Crippen molar-refractivity contribution in [3.63, 3.8) is 0 Å². The molecule has 1 unspecified atom stereocenters. The predicted molar refractivity (Wildman–Crippen MR) is 63.6 cm³/mol. The van der Waals surface area contributed by atoms with Crippen LogP contribution in [0.1, 0.15) is 25.0 Å². The molecular weight excluding hydrogens is 226 g/mol. The van der Waals surface area contributed by atoms with Crippen molar-refractivity contribution in [3.05, 3.63) is 5.69 Å². The van der Waals surface area contributed by atoms with Crippen molar-refractivity contribution in [2.24, 2.45) is 5.92 Å². The molecule has 15 heavy (non-hydrogen) atoms. The molecule has 0 aliphatic carbocycles. The maximum atomic E-state index is 4.52. The van der Waals surface area contributed by atoms with Crippen molar-refractivity contribution < 1.29 is 0 Å². The van der Waals surface area contributed by atoms with Crippen LogP contribution in [0.15, 0.2) is 5.03 Å². The zero-order chi connectivity index (χ0) is 10.3. The van der Waals surface area contributed by atoms with Gasteiger partial charge < -0.3 is 4.90 Å². The summed E-state index contributed by atoms with van der Waals surface area (Å²) in [5.74, 6) is 2.62. The minimum Gasteiger partial charge on any atom is -0.302 e. The Hall–Kier alpha value is -0.130. The molecule has 2 aliphatic heterocycles. The van der Waals surface area contributed by atoms with E-state index in [-0.39, 0.29) is 0 Å². The van der Waals surface area contributed by atoms with Gasteiger partial charge in [-0.05, 0) is 24.6 Å². The molecule has 3 rings (SSSR count). The fourth-order valence-electron chi connectivity index (χ4n) is 2.74. The van der Waals surface area contributed by atoms with Crippen molar-refractivity contribution in [2.45, 2.75) is 24.3 Å². The van der Waals surface area contributed by atoms with Crippen molar-refractivity contribution in [1.29, 1.82) is 0 Å². The molecule has 3 atom stereocenters. The number of thioether (sulfide) groups is 1. The smallest absolute Gasteiger partial charge is 0.134 e. The lowest BCUT2D eigenvalue weighted by Gasteiger charge is -2.20. The fourth-order valence-corrected chi connectivity index (χ4v) is 4.25. The van der Waals surface area contributed by atoms with Crippen LogP contribution < -0.4 is 0 Å². The first-order chi connectivity index (χ1) is 7.38. The van der Waals surface area contributed by atoms with Gasteiger partial charge in [-0.2, -0.15) is 8.75 Å². The fraction of sp³-hybridized carbons (Fsp3) is 0.800. The molecule has 2 saturated heterocycles. The van der Waals surface area contributed by atoms with E-state index >= 15 is 0 Å². The average Bonchev–Trinajstić information content (AvgIpc) is 2.91. The Balaban J connectivity index is 1.83. The van der Waals surface area contributed by atoms with Gasteiger partial charge in [0.1, 0.15) is 5.03 Å². The van der Waals surface area contributed by atoms with Crippen LogP contribution in [0.3, 0.4) is 0 Å². The van der Waals surface area contributed by atoms with E-state index in [0.717, 1.165) is 11.7 Å². The van der Waals surface area contributed by atoms with Gasteiger partial charge in [-0.3, -0.25) is 0 Å². The third-order valence-electron chi connectivity index (χ3n) is 3.45. The number of hydrogen-bond donors (Lipinski definition) is 0. The highest BCUT2D eigenvalue weighted by molar-refractivity contribution is 7.99. The van der Waals surface area contributed by atoms with Crippen LogP contribution in [0.4, 0.5) is 0 Å². The van der Waals surface area contributed by atoms with Gasteiger partial charge in [0.25, 0.3) is 0 Å². The Morgan fingerprint density at radius 2 is 2.40 bits per heavy atom. The lowest BCUT2D eigenvalue weighted by molar-refractivity contribution is 0.342. The quantitative estimate of drug-likeness (QED) is 0.758. The van der Waals surface area contributed by atoms with Gasteiger partial charge in [0.05, 0.1) is 17.4 Å². The van der Waals surface area contributed by atoms with E-state index in [0.29, 0.717) is 5.92 Å². The first-order valence-corrected chi connectivity index (χ1v) is 7.27. The zero-order valence-corrected chi connectivity index (χ0v) is 10.5. The van der Waals surface area contributed by atoms with Crippen molar-refractivity contribution in [1.82, 2.24) is 13.6 Å². The molecule has 1 aromatic heterocycles. The lowest BCUT2D eigenvalue weighted by Crippen LogP contribution is -2.22. The van der Waals surface area contributed by atoms with E-state index < -0.39 is 0 Å². The number of piperidine rings is 1. The van der Waals surface area contributed by atoms with Crippen molar-refractivity contribution in [2.75, 3.05) is 25.4 Å². The van der Waals surface area contributed by atoms with E-state index in [4.69, 9.17) is 0 Å². The van der Waals surface area contributed by atoms with Crippen LogP contribution in [0.25, 0.3) is 0 Å². The standard InChI is InChI=1S/C10H15N3S2/c1-2-14-10-9(11-15-12-10)8-6-13-4-3-7(8)5-13/h7-8H,2-6H2,1H3/t7-,8-/m0/s1. The van der Waals surface area contributed by atoms with Crippen LogP contribution in [-0.2, 0) is 0 Å². The topological polar surface area (TPSA) is 29.0 Å². The van der Waals surface area contributed by atoms with E-state index in [9.17, 15) is 0 Å². The second-order valence-corrected chi connectivity index (χ2v) is 6.08. The Bertz CT molecular complexity index is 352. The van der Waals surface area contributed by atoms with Crippen LogP contribution in [0, 0.1) is 5.92 Å². The third kappa shape index (κ3) is 1.70. The first-order valence-electron chi connectivity index (χ1n) is 5.56. The van der Waals surface area contributed by atoms with Gasteiger partial charge in [0, 0.05) is 19.0 Å². The SMILES string of the molecule is CCSc1nsnc1[C@H]1CN2CC[C@H]1C2. The summed E-state index contributed by atoms with van der Waals surface area (Å²) < 4.78 is 8.93. The molecule has 82 valence electrons. The van der Waals surface area contributed by atoms with Gasteiger partial charge in [-0.15, -0.1) is 11.8 Å². The minimum absolute atomic E-state index is 0.673. The Morgan fingerprint density at radius 1 is 1.47 bits per heavy atom. The molecule has 1 aromatic rings. The molecule has 3 heterocycles. The summed E-state index contributed by atoms with van der Waals surface area (Å²) in [7, 11) is 0. The molecule has 0 spiro atoms. The van der Waals surface area contributed by atoms with Gasteiger partial charge in [0.2, 0.25) is 0 Å². The Morgan fingerprint density at radius 3 is 3.07 bits per heavy atom. The molecule has 0 radical (unpaired) electrons. The average molecular weight is 241 g/mol. The maximum absolute atomic E-state index is 4.52. The number of nitrogens with zero attached hydrogens (tertiary/aromatic N) is 3. The second kappa shape index (κ2) is 4.03. The molecule has 0 amide bonds. The van der Waals surface area contributed by atoms with E-state index in [1.165, 1.54) is 48.5 Å². The molecule has 0 saturated carbocycles. The highest BCUT2D eigenvalue weighted by Gasteiger charge is 2.41. The summed E-state index contributed by atoms with van der Waals surface area (Å²) in [6.45, 7) is 5.98. The van der Waals surface area contributed by atoms with Crippen molar-refractivity contribution in [3.8, 4) is 0 Å². The van der Waals surface area contributed by atoms with Crippen LogP contribution in [-0.4, -0.2) is 39.0 Å². The molecular formula is C10H15N3S2. The second-order valence-electron chi connectivity index (χ2n) is 4.30. The predicted octanol–water partition coefficient (Wildman–Crippen LogP) is 2.07. The molecule has 2 aliphatic rings. The van der Waals surface area contributed by atoms with Gasteiger partial charge >= 0.3 is 0 Å². The number of rotatable bonds is 3. The van der Waals surface area contributed by atoms with E-state index in [2.05, 4.69) is 20.6 Å². The van der Waals surface area contributed by atoms with Crippen molar-refractivity contribution >= 4 is 23.5 Å². The summed E-state index contributed by atoms with van der Waals surface area (Å²) in [6, 6.07) is 0. The zero-order valence-electron chi connectivity index (χ0n) is 8.85. The molecule has 0 N–H and O–H groups in total. The van der Waals surface area contributed by atoms with E-state index in [1.54, 1.807) is 0 Å². The summed E-state index contributed by atoms with van der Waals surface area (Å²) in [5, 5.41) is 1.20. The third-order valence-corrected chi connectivity index (χ3v) is 4.97. The minimum atomic E-state index is 0.673. The first kappa shape index (κ1) is 10.1. The summed E-state index contributed by atoms with van der Waals surface area (Å²) >= 11 is 3.22. The molecule has 5 heteroatoms. The summed E-state index contributed by atoms with van der Waals surface area (Å²) in [6.07, 6.45) is 1.36. The molecule has 0 aromatic carbocycles. The highest BCUT2D eigenvalue weighted by atomic mass is 32.2. The maximum Gasteiger partial charge on any atom is 0.134 e.